The number of rotatable bonds is 8. The predicted octanol–water partition coefficient (Wildman–Crippen LogP) is 6.02. The number of carbonyl (C=O) groups excluding carboxylic acids is 1. The number of halogens is 2. The average molecular weight is 457 g/mol. The molecule has 1 saturated heterocycles. The van der Waals surface area contributed by atoms with E-state index in [-0.39, 0.29) is 11.6 Å². The summed E-state index contributed by atoms with van der Waals surface area (Å²) in [6.45, 7) is 2.62. The molecule has 168 valence electrons. The van der Waals surface area contributed by atoms with Crippen LogP contribution in [0.1, 0.15) is 41.8 Å². The molecule has 5 nitrogen and oxygen atoms in total. The summed E-state index contributed by atoms with van der Waals surface area (Å²) in [5.41, 5.74) is 2.20. The quantitative estimate of drug-likeness (QED) is 0.388. The summed E-state index contributed by atoms with van der Waals surface area (Å²) in [4.78, 5) is 14.9. The molecule has 0 spiro atoms. The average Bonchev–Trinajstić information content (AvgIpc) is 3.27. The smallest absolute Gasteiger partial charge is 0.163 e. The molecule has 2 aromatic carbocycles. The van der Waals surface area contributed by atoms with Crippen LogP contribution >= 0.6 is 11.6 Å². The molecule has 3 aromatic rings. The lowest BCUT2D eigenvalue weighted by molar-refractivity contribution is 0.0959. The van der Waals surface area contributed by atoms with E-state index in [1.54, 1.807) is 37.4 Å². The topological polar surface area (TPSA) is 55.6 Å². The monoisotopic (exact) mass is 456 g/mol. The van der Waals surface area contributed by atoms with Crippen LogP contribution in [0.25, 0.3) is 11.3 Å². The summed E-state index contributed by atoms with van der Waals surface area (Å²) in [6.07, 6.45) is 3.51. The van der Waals surface area contributed by atoms with Crippen molar-refractivity contribution < 1.29 is 18.4 Å². The predicted molar refractivity (Wildman–Crippen MR) is 121 cm³/mol. The molecule has 0 unspecified atom stereocenters. The number of ketones is 1. The van der Waals surface area contributed by atoms with E-state index >= 15 is 0 Å². The lowest BCUT2D eigenvalue weighted by Gasteiger charge is -2.31. The Morgan fingerprint density at radius 1 is 1.19 bits per heavy atom. The first-order valence-corrected chi connectivity index (χ1v) is 11.2. The molecule has 0 radical (unpaired) electrons. The number of likely N-dealkylation sites (tertiary alicyclic amines) is 1. The van der Waals surface area contributed by atoms with Gasteiger partial charge in [-0.3, -0.25) is 9.69 Å². The number of aromatic nitrogens is 1. The van der Waals surface area contributed by atoms with Crippen LogP contribution in [0.15, 0.2) is 53.1 Å². The molecule has 0 aliphatic carbocycles. The minimum atomic E-state index is -0.269. The first-order valence-electron chi connectivity index (χ1n) is 10.8. The van der Waals surface area contributed by atoms with E-state index in [0.717, 1.165) is 43.7 Å². The molecular formula is C25H26ClFN2O3. The van der Waals surface area contributed by atoms with Crippen LogP contribution in [0, 0.1) is 11.7 Å². The molecule has 32 heavy (non-hydrogen) atoms. The molecule has 1 aromatic heterocycles. The summed E-state index contributed by atoms with van der Waals surface area (Å²) in [7, 11) is 1.55. The molecule has 2 heterocycles. The molecule has 4 rings (SSSR count). The van der Waals surface area contributed by atoms with Gasteiger partial charge in [0.2, 0.25) is 0 Å². The van der Waals surface area contributed by atoms with Crippen molar-refractivity contribution >= 4 is 17.4 Å². The van der Waals surface area contributed by atoms with E-state index in [9.17, 15) is 9.18 Å². The number of benzene rings is 2. The minimum Gasteiger partial charge on any atom is -0.495 e. The summed E-state index contributed by atoms with van der Waals surface area (Å²) >= 11 is 6.04. The first kappa shape index (κ1) is 22.5. The fourth-order valence-electron chi connectivity index (χ4n) is 4.11. The van der Waals surface area contributed by atoms with Crippen LogP contribution in [-0.4, -0.2) is 36.0 Å². The van der Waals surface area contributed by atoms with Gasteiger partial charge in [0.15, 0.2) is 11.5 Å². The van der Waals surface area contributed by atoms with E-state index in [1.165, 1.54) is 12.1 Å². The SMILES string of the molecule is COc1cc(C(=O)CCC2CCN(Cc3cc(-c4ccc(F)cc4)no3)CC2)ccc1Cl. The van der Waals surface area contributed by atoms with Gasteiger partial charge < -0.3 is 9.26 Å². The summed E-state index contributed by atoms with van der Waals surface area (Å²) < 4.78 is 23.8. The molecule has 1 aliphatic rings. The lowest BCUT2D eigenvalue weighted by Crippen LogP contribution is -2.33. The normalized spacial score (nSPS) is 15.1. The highest BCUT2D eigenvalue weighted by atomic mass is 35.5. The van der Waals surface area contributed by atoms with Crippen LogP contribution in [0.4, 0.5) is 4.39 Å². The van der Waals surface area contributed by atoms with Crippen LogP contribution in [0.3, 0.4) is 0 Å². The third kappa shape index (κ3) is 5.56. The summed E-state index contributed by atoms with van der Waals surface area (Å²) in [5.74, 6) is 1.72. The molecule has 1 aliphatic heterocycles. The molecule has 1 fully saturated rings. The highest BCUT2D eigenvalue weighted by Crippen LogP contribution is 2.28. The maximum absolute atomic E-state index is 13.1. The Morgan fingerprint density at radius 3 is 2.66 bits per heavy atom. The van der Waals surface area contributed by atoms with Gasteiger partial charge in [-0.25, -0.2) is 4.39 Å². The second kappa shape index (κ2) is 10.3. The van der Waals surface area contributed by atoms with Crippen LogP contribution in [0.2, 0.25) is 5.02 Å². The third-order valence-electron chi connectivity index (χ3n) is 6.04. The van der Waals surface area contributed by atoms with Crippen molar-refractivity contribution in [3.63, 3.8) is 0 Å². The van der Waals surface area contributed by atoms with Crippen molar-refractivity contribution in [1.82, 2.24) is 10.1 Å². The molecule has 0 saturated carbocycles. The molecule has 0 N–H and O–H groups in total. The van der Waals surface area contributed by atoms with Gasteiger partial charge in [-0.05, 0) is 80.7 Å². The second-order valence-electron chi connectivity index (χ2n) is 8.22. The van der Waals surface area contributed by atoms with Gasteiger partial charge in [0.1, 0.15) is 17.3 Å². The van der Waals surface area contributed by atoms with Crippen LogP contribution in [-0.2, 0) is 6.54 Å². The van der Waals surface area contributed by atoms with E-state index in [2.05, 4.69) is 10.1 Å². The number of hydrogen-bond donors (Lipinski definition) is 0. The van der Waals surface area contributed by atoms with Gasteiger partial charge >= 0.3 is 0 Å². The Kier molecular flexibility index (Phi) is 7.22. The zero-order valence-corrected chi connectivity index (χ0v) is 18.8. The van der Waals surface area contributed by atoms with Crippen molar-refractivity contribution in [3.05, 3.63) is 70.7 Å². The molecule has 0 amide bonds. The third-order valence-corrected chi connectivity index (χ3v) is 6.35. The van der Waals surface area contributed by atoms with Gasteiger partial charge in [0.25, 0.3) is 0 Å². The number of ether oxygens (including phenoxy) is 1. The van der Waals surface area contributed by atoms with E-state index in [1.807, 2.05) is 6.07 Å². The zero-order valence-electron chi connectivity index (χ0n) is 18.0. The minimum absolute atomic E-state index is 0.123. The van der Waals surface area contributed by atoms with E-state index in [4.69, 9.17) is 20.9 Å². The number of piperidine rings is 1. The highest BCUT2D eigenvalue weighted by Gasteiger charge is 2.22. The molecular weight excluding hydrogens is 431 g/mol. The number of nitrogens with zero attached hydrogens (tertiary/aromatic N) is 2. The maximum atomic E-state index is 13.1. The Hall–Kier alpha value is -2.70. The van der Waals surface area contributed by atoms with Crippen molar-refractivity contribution in [2.24, 2.45) is 5.92 Å². The summed E-state index contributed by atoms with van der Waals surface area (Å²) in [5, 5.41) is 4.62. The van der Waals surface area contributed by atoms with Crippen LogP contribution < -0.4 is 4.74 Å². The van der Waals surface area contributed by atoms with Gasteiger partial charge in [-0.2, -0.15) is 0 Å². The Bertz CT molecular complexity index is 1060. The largest absolute Gasteiger partial charge is 0.495 e. The number of carbonyl (C=O) groups is 1. The highest BCUT2D eigenvalue weighted by molar-refractivity contribution is 6.32. The van der Waals surface area contributed by atoms with Gasteiger partial charge in [0, 0.05) is 23.6 Å². The molecule has 0 bridgehead atoms. The van der Waals surface area contributed by atoms with E-state index in [0.29, 0.717) is 40.9 Å². The second-order valence-corrected chi connectivity index (χ2v) is 8.62. The fraction of sp³-hybridized carbons (Fsp3) is 0.360. The standard InChI is InChI=1S/C25H26ClFN2O3/c1-31-25-14-19(5-8-22(25)26)24(30)9-2-17-10-12-29(13-11-17)16-21-15-23(28-32-21)18-3-6-20(27)7-4-18/h3-8,14-15,17H,2,9-13,16H2,1H3. The Balaban J connectivity index is 1.23. The first-order chi connectivity index (χ1) is 15.5. The van der Waals surface area contributed by atoms with Crippen molar-refractivity contribution in [3.8, 4) is 17.0 Å². The summed E-state index contributed by atoms with van der Waals surface area (Å²) in [6, 6.07) is 13.3. The Morgan fingerprint density at radius 2 is 1.94 bits per heavy atom. The number of hydrogen-bond acceptors (Lipinski definition) is 5. The van der Waals surface area contributed by atoms with Gasteiger partial charge in [0.05, 0.1) is 18.7 Å². The zero-order chi connectivity index (χ0) is 22.5. The van der Waals surface area contributed by atoms with Crippen molar-refractivity contribution in [1.29, 1.82) is 0 Å². The van der Waals surface area contributed by atoms with Gasteiger partial charge in [-0.15, -0.1) is 0 Å². The number of methoxy groups -OCH3 is 1. The Labute approximate surface area is 192 Å². The lowest BCUT2D eigenvalue weighted by atomic mass is 9.90. The molecule has 0 atom stereocenters. The fourth-order valence-corrected chi connectivity index (χ4v) is 4.31. The van der Waals surface area contributed by atoms with E-state index < -0.39 is 0 Å². The van der Waals surface area contributed by atoms with Gasteiger partial charge in [-0.1, -0.05) is 16.8 Å². The van der Waals surface area contributed by atoms with Crippen LogP contribution in [0.5, 0.6) is 5.75 Å². The molecule has 7 heteroatoms. The number of Topliss-reactive ketones (excluding diaryl/α,β-unsaturated/α-hetero) is 1. The van der Waals surface area contributed by atoms with Crippen molar-refractivity contribution in [2.45, 2.75) is 32.2 Å². The van der Waals surface area contributed by atoms with Crippen molar-refractivity contribution in [2.75, 3.05) is 20.2 Å². The maximum Gasteiger partial charge on any atom is 0.163 e.